The van der Waals surface area contributed by atoms with Gasteiger partial charge in [0.2, 0.25) is 0 Å². The number of esters is 1. The molecule has 3 aromatic rings. The fourth-order valence-corrected chi connectivity index (χ4v) is 3.27. The highest BCUT2D eigenvalue weighted by Crippen LogP contribution is 2.34. The zero-order valence-electron chi connectivity index (χ0n) is 14.0. The van der Waals surface area contributed by atoms with E-state index >= 15 is 0 Å². The van der Waals surface area contributed by atoms with E-state index in [1.165, 1.54) is 11.8 Å². The van der Waals surface area contributed by atoms with Gasteiger partial charge in [0, 0.05) is 18.0 Å². The molecule has 0 N–H and O–H groups in total. The topological polar surface area (TPSA) is 109 Å². The third kappa shape index (κ3) is 3.74. The molecule has 3 heterocycles. The predicted molar refractivity (Wildman–Crippen MR) is 90.2 cm³/mol. The number of hydrogen-bond donors (Lipinski definition) is 0. The van der Waals surface area contributed by atoms with E-state index < -0.39 is 5.97 Å². The van der Waals surface area contributed by atoms with Gasteiger partial charge < -0.3 is 9.26 Å². The first kappa shape index (κ1) is 16.7. The van der Waals surface area contributed by atoms with E-state index in [0.717, 1.165) is 24.3 Å². The number of hydrogen-bond acceptors (Lipinski definition) is 9. The number of aromatic nitrogens is 6. The lowest BCUT2D eigenvalue weighted by molar-refractivity contribution is 0.0451. The molecule has 0 atom stereocenters. The maximum atomic E-state index is 12.5. The summed E-state index contributed by atoms with van der Waals surface area (Å²) in [5.41, 5.74) is 1.20. The van der Waals surface area contributed by atoms with Crippen LogP contribution in [-0.2, 0) is 17.1 Å². The van der Waals surface area contributed by atoms with Crippen LogP contribution in [0.5, 0.6) is 0 Å². The molecule has 0 spiro atoms. The molecule has 0 amide bonds. The highest BCUT2D eigenvalue weighted by atomic mass is 32.2. The van der Waals surface area contributed by atoms with Gasteiger partial charge in [-0.25, -0.2) is 14.5 Å². The second-order valence-electron chi connectivity index (χ2n) is 5.92. The number of thioether (sulfide) groups is 1. The van der Waals surface area contributed by atoms with E-state index in [-0.39, 0.29) is 6.61 Å². The third-order valence-electron chi connectivity index (χ3n) is 3.81. The van der Waals surface area contributed by atoms with Gasteiger partial charge in [-0.15, -0.1) is 5.10 Å². The number of tetrazole rings is 1. The number of rotatable bonds is 7. The van der Waals surface area contributed by atoms with E-state index in [0.29, 0.717) is 28.2 Å². The van der Waals surface area contributed by atoms with Gasteiger partial charge in [0.05, 0.1) is 17.3 Å². The fraction of sp³-hybridized carbons (Fsp3) is 0.375. The Kier molecular flexibility index (Phi) is 4.65. The first-order valence-corrected chi connectivity index (χ1v) is 9.13. The van der Waals surface area contributed by atoms with Crippen molar-refractivity contribution in [1.82, 2.24) is 30.3 Å². The minimum absolute atomic E-state index is 0.0316. The monoisotopic (exact) mass is 372 g/mol. The number of carbonyl (C=O) groups excluding carboxylic acids is 1. The summed E-state index contributed by atoms with van der Waals surface area (Å²) in [5, 5.41) is 16.1. The van der Waals surface area contributed by atoms with Gasteiger partial charge in [-0.1, -0.05) is 16.9 Å². The Bertz CT molecular complexity index is 920. The molecule has 9 nitrogen and oxygen atoms in total. The largest absolute Gasteiger partial charge is 0.454 e. The van der Waals surface area contributed by atoms with Crippen LogP contribution in [-0.4, -0.2) is 36.3 Å². The molecular formula is C16H16N6O3S. The highest BCUT2D eigenvalue weighted by molar-refractivity contribution is 7.98. The lowest BCUT2D eigenvalue weighted by atomic mass is 10.3. The van der Waals surface area contributed by atoms with Gasteiger partial charge in [-0.2, -0.15) is 0 Å². The molecule has 0 aliphatic heterocycles. The normalized spacial score (nSPS) is 13.7. The predicted octanol–water partition coefficient (Wildman–Crippen LogP) is 2.35. The molecule has 1 aliphatic carbocycles. The van der Waals surface area contributed by atoms with Crippen molar-refractivity contribution in [1.29, 1.82) is 0 Å². The molecule has 1 aliphatic rings. The Labute approximate surface area is 153 Å². The Morgan fingerprint density at radius 3 is 3.12 bits per heavy atom. The van der Waals surface area contributed by atoms with Crippen molar-refractivity contribution in [3.05, 3.63) is 47.2 Å². The maximum Gasteiger partial charge on any atom is 0.341 e. The van der Waals surface area contributed by atoms with E-state index in [2.05, 4.69) is 25.7 Å². The molecular weight excluding hydrogens is 356 g/mol. The van der Waals surface area contributed by atoms with E-state index in [9.17, 15) is 4.79 Å². The quantitative estimate of drug-likeness (QED) is 0.456. The lowest BCUT2D eigenvalue weighted by Crippen LogP contribution is -2.11. The Hall–Kier alpha value is -2.75. The van der Waals surface area contributed by atoms with Crippen LogP contribution in [0.2, 0.25) is 0 Å². The molecule has 0 radical (unpaired) electrons. The molecule has 10 heteroatoms. The first-order valence-electron chi connectivity index (χ1n) is 8.14. The van der Waals surface area contributed by atoms with Crippen molar-refractivity contribution in [3.8, 4) is 0 Å². The number of carbonyl (C=O) groups is 1. The van der Waals surface area contributed by atoms with Crippen LogP contribution < -0.4 is 0 Å². The zero-order valence-corrected chi connectivity index (χ0v) is 14.8. The van der Waals surface area contributed by atoms with Crippen molar-refractivity contribution in [2.45, 2.75) is 43.2 Å². The van der Waals surface area contributed by atoms with Crippen molar-refractivity contribution in [3.63, 3.8) is 0 Å². The van der Waals surface area contributed by atoms with Crippen molar-refractivity contribution < 1.29 is 14.1 Å². The maximum absolute atomic E-state index is 12.5. The molecule has 3 aromatic heterocycles. The van der Waals surface area contributed by atoms with Crippen molar-refractivity contribution in [2.75, 3.05) is 0 Å². The van der Waals surface area contributed by atoms with Crippen LogP contribution in [0, 0.1) is 6.92 Å². The standard InChI is InChI=1S/C16H16N6O3S/c1-10-7-11(19-25-10)9-26-15-13(3-2-6-17-15)16(23)24-8-14-18-20-21-22(14)12-4-5-12/h2-3,6-7,12H,4-5,8-9H2,1H3. The molecule has 4 rings (SSSR count). The average molecular weight is 372 g/mol. The number of ether oxygens (including phenoxy) is 1. The minimum atomic E-state index is -0.456. The zero-order chi connectivity index (χ0) is 17.9. The first-order chi connectivity index (χ1) is 12.7. The van der Waals surface area contributed by atoms with Crippen molar-refractivity contribution >= 4 is 17.7 Å². The third-order valence-corrected chi connectivity index (χ3v) is 4.85. The van der Waals surface area contributed by atoms with E-state index in [1.807, 2.05) is 13.0 Å². The summed E-state index contributed by atoms with van der Waals surface area (Å²) in [7, 11) is 0. The molecule has 0 unspecified atom stereocenters. The van der Waals surface area contributed by atoms with Crippen LogP contribution in [0.3, 0.4) is 0 Å². The van der Waals surface area contributed by atoms with E-state index in [4.69, 9.17) is 9.26 Å². The molecule has 1 fully saturated rings. The number of pyridine rings is 1. The second-order valence-corrected chi connectivity index (χ2v) is 6.88. The van der Waals surface area contributed by atoms with Crippen LogP contribution in [0.4, 0.5) is 0 Å². The second kappa shape index (κ2) is 7.24. The van der Waals surface area contributed by atoms with Gasteiger partial charge in [-0.05, 0) is 42.3 Å². The van der Waals surface area contributed by atoms with Crippen molar-refractivity contribution in [2.24, 2.45) is 0 Å². The summed E-state index contributed by atoms with van der Waals surface area (Å²) < 4.78 is 12.2. The minimum Gasteiger partial charge on any atom is -0.454 e. The van der Waals surface area contributed by atoms with Gasteiger partial charge in [0.25, 0.3) is 0 Å². The summed E-state index contributed by atoms with van der Waals surface area (Å²) in [4.78, 5) is 16.8. The van der Waals surface area contributed by atoms with Crippen LogP contribution in [0.1, 0.15) is 46.5 Å². The molecule has 0 saturated heterocycles. The van der Waals surface area contributed by atoms with Gasteiger partial charge in [0.1, 0.15) is 10.8 Å². The SMILES string of the molecule is Cc1cc(CSc2ncccc2C(=O)OCc2nnnn2C2CC2)no1. The smallest absolute Gasteiger partial charge is 0.341 e. The van der Waals surface area contributed by atoms with Crippen LogP contribution >= 0.6 is 11.8 Å². The molecule has 1 saturated carbocycles. The molecule has 0 bridgehead atoms. The lowest BCUT2D eigenvalue weighted by Gasteiger charge is -2.08. The summed E-state index contributed by atoms with van der Waals surface area (Å²) in [6, 6.07) is 5.57. The molecule has 26 heavy (non-hydrogen) atoms. The molecule has 134 valence electrons. The van der Waals surface area contributed by atoms with Crippen LogP contribution in [0.25, 0.3) is 0 Å². The van der Waals surface area contributed by atoms with Gasteiger partial charge in [0.15, 0.2) is 12.4 Å². The summed E-state index contributed by atoms with van der Waals surface area (Å²) >= 11 is 1.40. The summed E-state index contributed by atoms with van der Waals surface area (Å²) in [6.45, 7) is 1.86. The number of aryl methyl sites for hydroxylation is 1. The van der Waals surface area contributed by atoms with E-state index in [1.54, 1.807) is 23.0 Å². The van der Waals surface area contributed by atoms with Crippen LogP contribution in [0.15, 0.2) is 33.9 Å². The molecule has 0 aromatic carbocycles. The van der Waals surface area contributed by atoms with Gasteiger partial charge in [-0.3, -0.25) is 0 Å². The highest BCUT2D eigenvalue weighted by Gasteiger charge is 2.28. The average Bonchev–Trinajstić information content (AvgIpc) is 3.24. The fourth-order valence-electron chi connectivity index (χ4n) is 2.41. The summed E-state index contributed by atoms with van der Waals surface area (Å²) in [5.74, 6) is 1.39. The Morgan fingerprint density at radius 1 is 1.46 bits per heavy atom. The van der Waals surface area contributed by atoms with Gasteiger partial charge >= 0.3 is 5.97 Å². The Balaban J connectivity index is 1.41. The Morgan fingerprint density at radius 2 is 2.35 bits per heavy atom. The number of nitrogens with zero attached hydrogens (tertiary/aromatic N) is 6. The summed E-state index contributed by atoms with van der Waals surface area (Å²) in [6.07, 6.45) is 3.74.